The van der Waals surface area contributed by atoms with Crippen molar-refractivity contribution in [3.05, 3.63) is 76.7 Å². The van der Waals surface area contributed by atoms with Crippen LogP contribution >= 0.6 is 0 Å². The molecular weight excluding hydrogens is 370 g/mol. The summed E-state index contributed by atoms with van der Waals surface area (Å²) in [5, 5.41) is 9.27. The van der Waals surface area contributed by atoms with E-state index < -0.39 is 0 Å². The van der Waals surface area contributed by atoms with E-state index in [1.807, 2.05) is 38.1 Å². The first-order valence-corrected chi connectivity index (χ1v) is 9.22. The number of benzene rings is 2. The number of amides is 2. The maximum atomic E-state index is 12.4. The molecule has 0 unspecified atom stereocenters. The van der Waals surface area contributed by atoms with Crippen LogP contribution < -0.4 is 15.4 Å². The molecule has 2 N–H and O–H groups in total. The van der Waals surface area contributed by atoms with E-state index in [2.05, 4.69) is 15.8 Å². The van der Waals surface area contributed by atoms with Gasteiger partial charge in [-0.25, -0.2) is 0 Å². The lowest BCUT2D eigenvalue weighted by Crippen LogP contribution is -2.22. The van der Waals surface area contributed by atoms with Crippen molar-refractivity contribution < 1.29 is 18.8 Å². The fraction of sp³-hybridized carbons (Fsp3) is 0.227. The Balaban J connectivity index is 1.59. The number of para-hydroxylation sites is 1. The van der Waals surface area contributed by atoms with Gasteiger partial charge >= 0.3 is 0 Å². The number of rotatable bonds is 7. The Labute approximate surface area is 169 Å². The molecule has 7 nitrogen and oxygen atoms in total. The molecule has 3 rings (SSSR count). The molecular formula is C22H23N3O4. The molecule has 0 fully saturated rings. The van der Waals surface area contributed by atoms with E-state index in [-0.39, 0.29) is 18.2 Å². The number of carbonyl (C=O) groups is 2. The van der Waals surface area contributed by atoms with Crippen LogP contribution in [-0.4, -0.2) is 24.0 Å². The summed E-state index contributed by atoms with van der Waals surface area (Å²) < 4.78 is 10.9. The topological polar surface area (TPSA) is 93.5 Å². The third-order valence-electron chi connectivity index (χ3n) is 4.53. The molecule has 2 amide bonds. The first-order chi connectivity index (χ1) is 14.0. The number of anilines is 1. The molecule has 0 radical (unpaired) electrons. The van der Waals surface area contributed by atoms with E-state index in [4.69, 9.17) is 9.26 Å². The van der Waals surface area contributed by atoms with Crippen molar-refractivity contribution >= 4 is 17.5 Å². The van der Waals surface area contributed by atoms with Crippen molar-refractivity contribution in [1.82, 2.24) is 10.5 Å². The molecule has 0 bridgehead atoms. The van der Waals surface area contributed by atoms with Crippen molar-refractivity contribution in [3.63, 3.8) is 0 Å². The second kappa shape index (κ2) is 9.05. The van der Waals surface area contributed by atoms with Gasteiger partial charge in [-0.1, -0.05) is 29.4 Å². The van der Waals surface area contributed by atoms with Crippen LogP contribution in [0.4, 0.5) is 5.69 Å². The molecule has 7 heteroatoms. The summed E-state index contributed by atoms with van der Waals surface area (Å²) in [4.78, 5) is 24.3. The zero-order valence-corrected chi connectivity index (χ0v) is 16.6. The van der Waals surface area contributed by atoms with Crippen LogP contribution in [0.15, 0.2) is 53.1 Å². The lowest BCUT2D eigenvalue weighted by Gasteiger charge is -2.10. The van der Waals surface area contributed by atoms with Crippen molar-refractivity contribution in [2.75, 3.05) is 12.4 Å². The molecule has 1 aromatic heterocycles. The molecule has 0 saturated carbocycles. The molecule has 29 heavy (non-hydrogen) atoms. The normalized spacial score (nSPS) is 10.4. The van der Waals surface area contributed by atoms with Gasteiger partial charge in [0.25, 0.3) is 5.91 Å². The third-order valence-corrected chi connectivity index (χ3v) is 4.53. The number of hydrogen-bond donors (Lipinski definition) is 2. The summed E-state index contributed by atoms with van der Waals surface area (Å²) in [7, 11) is 1.55. The van der Waals surface area contributed by atoms with Gasteiger partial charge in [-0.3, -0.25) is 9.59 Å². The summed E-state index contributed by atoms with van der Waals surface area (Å²) in [6, 6.07) is 14.2. The largest absolute Gasteiger partial charge is 0.489 e. The van der Waals surface area contributed by atoms with Crippen molar-refractivity contribution in [3.8, 4) is 5.75 Å². The minimum atomic E-state index is -0.249. The Morgan fingerprint density at radius 1 is 1.07 bits per heavy atom. The molecule has 150 valence electrons. The van der Waals surface area contributed by atoms with E-state index in [9.17, 15) is 9.59 Å². The Morgan fingerprint density at radius 2 is 1.79 bits per heavy atom. The second-order valence-corrected chi connectivity index (χ2v) is 6.59. The number of hydrogen-bond acceptors (Lipinski definition) is 5. The molecule has 1 heterocycles. The van der Waals surface area contributed by atoms with Gasteiger partial charge in [0.1, 0.15) is 18.1 Å². The molecule has 2 aromatic carbocycles. The summed E-state index contributed by atoms with van der Waals surface area (Å²) in [6.45, 7) is 4.10. The summed E-state index contributed by atoms with van der Waals surface area (Å²) in [5.41, 5.74) is 3.49. The first kappa shape index (κ1) is 20.1. The summed E-state index contributed by atoms with van der Waals surface area (Å²) in [6.07, 6.45) is 0.187. The van der Waals surface area contributed by atoms with Gasteiger partial charge in [0.15, 0.2) is 0 Å². The lowest BCUT2D eigenvalue weighted by atomic mass is 10.1. The Morgan fingerprint density at radius 3 is 2.45 bits per heavy atom. The van der Waals surface area contributed by atoms with Gasteiger partial charge in [-0.2, -0.15) is 0 Å². The molecule has 0 aliphatic heterocycles. The van der Waals surface area contributed by atoms with Crippen LogP contribution in [0, 0.1) is 13.8 Å². The van der Waals surface area contributed by atoms with Crippen LogP contribution in [0.25, 0.3) is 0 Å². The van der Waals surface area contributed by atoms with Crippen LogP contribution in [0.5, 0.6) is 5.75 Å². The number of nitrogens with one attached hydrogen (secondary N) is 2. The number of aryl methyl sites for hydroxylation is 2. The minimum Gasteiger partial charge on any atom is -0.489 e. The van der Waals surface area contributed by atoms with E-state index in [0.29, 0.717) is 23.6 Å². The van der Waals surface area contributed by atoms with Crippen LogP contribution in [-0.2, 0) is 17.8 Å². The van der Waals surface area contributed by atoms with E-state index in [1.165, 1.54) is 0 Å². The predicted octanol–water partition coefficient (Wildman–Crippen LogP) is 3.41. The Hall–Kier alpha value is -3.61. The highest BCUT2D eigenvalue weighted by atomic mass is 16.5. The van der Waals surface area contributed by atoms with Crippen molar-refractivity contribution in [1.29, 1.82) is 0 Å². The highest BCUT2D eigenvalue weighted by Crippen LogP contribution is 2.19. The lowest BCUT2D eigenvalue weighted by molar-refractivity contribution is -0.115. The number of nitrogens with zero attached hydrogens (tertiary/aromatic N) is 1. The van der Waals surface area contributed by atoms with E-state index in [0.717, 1.165) is 22.6 Å². The van der Waals surface area contributed by atoms with Gasteiger partial charge in [0.05, 0.1) is 28.9 Å². The Kier molecular flexibility index (Phi) is 6.29. The molecule has 0 atom stereocenters. The molecule has 0 aliphatic carbocycles. The summed E-state index contributed by atoms with van der Waals surface area (Å²) in [5.74, 6) is 0.985. The number of aromatic nitrogens is 1. The minimum absolute atomic E-state index is 0.187. The van der Waals surface area contributed by atoms with E-state index in [1.54, 1.807) is 31.3 Å². The van der Waals surface area contributed by atoms with Crippen LogP contribution in [0.3, 0.4) is 0 Å². The standard InChI is InChI=1S/C22H23N3O4/c1-14-19(15(2)29-25-14)13-28-17-10-8-16(9-11-17)12-21(26)24-20-7-5-4-6-18(20)22(27)23-3/h4-11H,12-13H2,1-3H3,(H,23,27)(H,24,26). The van der Waals surface area contributed by atoms with Gasteiger partial charge in [-0.15, -0.1) is 0 Å². The van der Waals surface area contributed by atoms with Gasteiger partial charge in [-0.05, 0) is 43.7 Å². The average molecular weight is 393 g/mol. The zero-order chi connectivity index (χ0) is 20.8. The van der Waals surface area contributed by atoms with Crippen LogP contribution in [0.2, 0.25) is 0 Å². The zero-order valence-electron chi connectivity index (χ0n) is 16.6. The molecule has 3 aromatic rings. The monoisotopic (exact) mass is 393 g/mol. The smallest absolute Gasteiger partial charge is 0.253 e. The third kappa shape index (κ3) is 5.01. The van der Waals surface area contributed by atoms with E-state index >= 15 is 0 Å². The fourth-order valence-electron chi connectivity index (χ4n) is 2.87. The maximum Gasteiger partial charge on any atom is 0.253 e. The molecule has 0 aliphatic rings. The molecule has 0 saturated heterocycles. The number of carbonyl (C=O) groups excluding carboxylic acids is 2. The summed E-state index contributed by atoms with van der Waals surface area (Å²) >= 11 is 0. The molecule has 0 spiro atoms. The first-order valence-electron chi connectivity index (χ1n) is 9.22. The SMILES string of the molecule is CNC(=O)c1ccccc1NC(=O)Cc1ccc(OCc2c(C)noc2C)cc1. The maximum absolute atomic E-state index is 12.4. The van der Waals surface area contributed by atoms with Crippen LogP contribution in [0.1, 0.15) is 32.9 Å². The highest BCUT2D eigenvalue weighted by molar-refractivity contribution is 6.03. The second-order valence-electron chi connectivity index (χ2n) is 6.59. The quantitative estimate of drug-likeness (QED) is 0.642. The average Bonchev–Trinajstić information content (AvgIpc) is 3.05. The van der Waals surface area contributed by atoms with Gasteiger partial charge in [0.2, 0.25) is 5.91 Å². The number of ether oxygens (including phenoxy) is 1. The fourth-order valence-corrected chi connectivity index (χ4v) is 2.87. The van der Waals surface area contributed by atoms with Crippen molar-refractivity contribution in [2.45, 2.75) is 26.9 Å². The van der Waals surface area contributed by atoms with Gasteiger partial charge < -0.3 is 19.9 Å². The predicted molar refractivity (Wildman–Crippen MR) is 109 cm³/mol. The Bertz CT molecular complexity index is 990. The van der Waals surface area contributed by atoms with Gasteiger partial charge in [0, 0.05) is 7.05 Å². The van der Waals surface area contributed by atoms with Crippen molar-refractivity contribution in [2.24, 2.45) is 0 Å². The highest BCUT2D eigenvalue weighted by Gasteiger charge is 2.13.